The maximum absolute atomic E-state index is 6.10. The highest BCUT2D eigenvalue weighted by Crippen LogP contribution is 2.35. The maximum Gasteiger partial charge on any atom is 0.224 e. The quantitative estimate of drug-likeness (QED) is 0.384. The lowest BCUT2D eigenvalue weighted by atomic mass is 10.2. The number of pyridine rings is 1. The summed E-state index contributed by atoms with van der Waals surface area (Å²) in [5.74, 6) is 2.66. The van der Waals surface area contributed by atoms with Crippen LogP contribution in [-0.2, 0) is 13.0 Å². The zero-order valence-electron chi connectivity index (χ0n) is 18.0. The first-order valence-electron chi connectivity index (χ1n) is 11.2. The number of hydrogen-bond donors (Lipinski definition) is 3. The average Bonchev–Trinajstić information content (AvgIpc) is 3.57. The summed E-state index contributed by atoms with van der Waals surface area (Å²) in [4.78, 5) is 18.5. The molecule has 0 bridgehead atoms. The molecule has 1 aliphatic carbocycles. The number of hydrogen-bond acceptors (Lipinski definition) is 8. The first-order valence-corrected chi connectivity index (χ1v) is 11.2. The van der Waals surface area contributed by atoms with Crippen molar-refractivity contribution in [3.05, 3.63) is 48.1 Å². The zero-order chi connectivity index (χ0) is 21.9. The molecular weight excluding hydrogens is 404 g/mol. The lowest BCUT2D eigenvalue weighted by Gasteiger charge is -2.16. The molecule has 32 heavy (non-hydrogen) atoms. The lowest BCUT2D eigenvalue weighted by Crippen LogP contribution is -2.12. The van der Waals surface area contributed by atoms with Crippen LogP contribution < -0.4 is 16.8 Å². The minimum absolute atomic E-state index is 0.246. The fourth-order valence-electron chi connectivity index (χ4n) is 4.43. The lowest BCUT2D eigenvalue weighted by molar-refractivity contribution is 0.504. The molecule has 0 spiro atoms. The molecule has 4 heterocycles. The highest BCUT2D eigenvalue weighted by molar-refractivity contribution is 5.85. The van der Waals surface area contributed by atoms with Gasteiger partial charge in [-0.25, -0.2) is 4.98 Å². The van der Waals surface area contributed by atoms with Crippen molar-refractivity contribution in [3.8, 4) is 11.5 Å². The van der Waals surface area contributed by atoms with Crippen LogP contribution in [0.3, 0.4) is 0 Å². The van der Waals surface area contributed by atoms with Crippen LogP contribution in [-0.4, -0.2) is 31.0 Å². The van der Waals surface area contributed by atoms with Crippen molar-refractivity contribution in [3.63, 3.8) is 0 Å². The van der Waals surface area contributed by atoms with Gasteiger partial charge in [0.05, 0.1) is 6.26 Å². The fraction of sp³-hybridized carbons (Fsp3) is 0.391. The van der Waals surface area contributed by atoms with E-state index in [1.807, 2.05) is 30.5 Å². The van der Waals surface area contributed by atoms with Gasteiger partial charge < -0.3 is 25.8 Å². The van der Waals surface area contributed by atoms with Crippen LogP contribution >= 0.6 is 0 Å². The van der Waals surface area contributed by atoms with Crippen molar-refractivity contribution in [2.75, 3.05) is 17.6 Å². The van der Waals surface area contributed by atoms with E-state index in [9.17, 15) is 0 Å². The molecule has 0 radical (unpaired) electrons. The Morgan fingerprint density at radius 3 is 2.72 bits per heavy atom. The highest BCUT2D eigenvalue weighted by Gasteiger charge is 2.25. The molecule has 0 atom stereocenters. The first-order chi connectivity index (χ1) is 15.7. The summed E-state index contributed by atoms with van der Waals surface area (Å²) in [5, 5.41) is 3.39. The number of nitrogens with two attached hydrogens (primary N) is 2. The van der Waals surface area contributed by atoms with Crippen molar-refractivity contribution in [1.82, 2.24) is 24.5 Å². The van der Waals surface area contributed by atoms with Crippen molar-refractivity contribution < 1.29 is 4.42 Å². The van der Waals surface area contributed by atoms with E-state index in [-0.39, 0.29) is 5.95 Å². The van der Waals surface area contributed by atoms with Crippen LogP contribution in [0.4, 0.5) is 11.8 Å². The van der Waals surface area contributed by atoms with Gasteiger partial charge in [-0.2, -0.15) is 9.97 Å². The Hall–Kier alpha value is -3.46. The van der Waals surface area contributed by atoms with Gasteiger partial charge in [0.1, 0.15) is 11.5 Å². The number of aryl methyl sites for hydroxylation is 1. The standard InChI is InChI=1S/C23H28N8O/c24-11-3-8-19-28-20-21(29-23(25)30-22(20)31(19)16-5-1-2-6-16)27-14-15-9-10-17(26-13-15)18-7-4-12-32-18/h4,7,9-10,12-13,16H,1-3,5-6,8,11,14,24H2,(H3,25,27,29,30). The molecule has 0 amide bonds. The molecule has 0 saturated heterocycles. The van der Waals surface area contributed by atoms with Crippen LogP contribution in [0.15, 0.2) is 41.1 Å². The van der Waals surface area contributed by atoms with Crippen LogP contribution in [0, 0.1) is 0 Å². The molecule has 4 aromatic heterocycles. The number of nitrogen functional groups attached to an aromatic ring is 1. The van der Waals surface area contributed by atoms with Gasteiger partial charge in [-0.1, -0.05) is 18.9 Å². The van der Waals surface area contributed by atoms with E-state index in [0.29, 0.717) is 24.9 Å². The number of nitrogens with one attached hydrogen (secondary N) is 1. The van der Waals surface area contributed by atoms with E-state index in [1.165, 1.54) is 12.8 Å². The minimum Gasteiger partial charge on any atom is -0.463 e. The third-order valence-corrected chi connectivity index (χ3v) is 5.98. The predicted octanol–water partition coefficient (Wildman–Crippen LogP) is 3.68. The summed E-state index contributed by atoms with van der Waals surface area (Å²) in [5.41, 5.74) is 15.3. The number of rotatable bonds is 8. The van der Waals surface area contributed by atoms with Crippen molar-refractivity contribution in [1.29, 1.82) is 0 Å². The van der Waals surface area contributed by atoms with Crippen LogP contribution in [0.5, 0.6) is 0 Å². The largest absolute Gasteiger partial charge is 0.463 e. The number of imidazole rings is 1. The highest BCUT2D eigenvalue weighted by atomic mass is 16.3. The summed E-state index contributed by atoms with van der Waals surface area (Å²) >= 11 is 0. The molecular formula is C23H28N8O. The predicted molar refractivity (Wildman–Crippen MR) is 124 cm³/mol. The average molecular weight is 433 g/mol. The van der Waals surface area contributed by atoms with E-state index in [1.54, 1.807) is 6.26 Å². The molecule has 4 aromatic rings. The second kappa shape index (κ2) is 8.96. The van der Waals surface area contributed by atoms with E-state index >= 15 is 0 Å². The zero-order valence-corrected chi connectivity index (χ0v) is 18.0. The SMILES string of the molecule is NCCCc1nc2c(NCc3ccc(-c4ccco4)nc3)nc(N)nc2n1C1CCCC1. The van der Waals surface area contributed by atoms with E-state index < -0.39 is 0 Å². The molecule has 1 saturated carbocycles. The van der Waals surface area contributed by atoms with Crippen molar-refractivity contribution in [2.45, 2.75) is 51.1 Å². The van der Waals surface area contributed by atoms with E-state index in [2.05, 4.69) is 24.8 Å². The first kappa shape index (κ1) is 20.4. The van der Waals surface area contributed by atoms with Gasteiger partial charge in [0.15, 0.2) is 22.7 Å². The number of aromatic nitrogens is 5. The van der Waals surface area contributed by atoms with Crippen LogP contribution in [0.1, 0.15) is 49.5 Å². The number of nitrogens with zero attached hydrogens (tertiary/aromatic N) is 5. The smallest absolute Gasteiger partial charge is 0.224 e. The van der Waals surface area contributed by atoms with Crippen LogP contribution in [0.2, 0.25) is 0 Å². The van der Waals surface area contributed by atoms with Gasteiger partial charge in [0.2, 0.25) is 5.95 Å². The Bertz CT molecular complexity index is 1180. The molecule has 0 aliphatic heterocycles. The minimum atomic E-state index is 0.246. The second-order valence-corrected chi connectivity index (χ2v) is 8.21. The Labute approximate surface area is 186 Å². The van der Waals surface area contributed by atoms with Gasteiger partial charge >= 0.3 is 0 Å². The molecule has 5 N–H and O–H groups in total. The molecule has 0 unspecified atom stereocenters. The molecule has 166 valence electrons. The third kappa shape index (κ3) is 4.03. The van der Waals surface area contributed by atoms with Gasteiger partial charge in [0.25, 0.3) is 0 Å². The molecule has 9 nitrogen and oxygen atoms in total. The molecule has 9 heteroatoms. The van der Waals surface area contributed by atoms with Crippen molar-refractivity contribution in [2.24, 2.45) is 5.73 Å². The van der Waals surface area contributed by atoms with Gasteiger partial charge in [-0.3, -0.25) is 4.98 Å². The summed E-state index contributed by atoms with van der Waals surface area (Å²) in [7, 11) is 0. The number of anilines is 2. The van der Waals surface area contributed by atoms with Crippen molar-refractivity contribution >= 4 is 22.9 Å². The van der Waals surface area contributed by atoms with E-state index in [4.69, 9.17) is 20.9 Å². The van der Waals surface area contributed by atoms with Gasteiger partial charge in [-0.05, 0) is 49.6 Å². The second-order valence-electron chi connectivity index (χ2n) is 8.21. The van der Waals surface area contributed by atoms with E-state index in [0.717, 1.165) is 59.7 Å². The summed E-state index contributed by atoms with van der Waals surface area (Å²) in [6.07, 6.45) is 9.92. The van der Waals surface area contributed by atoms with Gasteiger partial charge in [-0.15, -0.1) is 0 Å². The number of fused-ring (bicyclic) bond motifs is 1. The Balaban J connectivity index is 1.43. The normalized spacial score (nSPS) is 14.4. The summed E-state index contributed by atoms with van der Waals surface area (Å²) in [6, 6.07) is 8.12. The van der Waals surface area contributed by atoms with Crippen LogP contribution in [0.25, 0.3) is 22.6 Å². The Morgan fingerprint density at radius 1 is 1.12 bits per heavy atom. The van der Waals surface area contributed by atoms with Gasteiger partial charge in [0, 0.05) is 25.2 Å². The maximum atomic E-state index is 6.10. The Morgan fingerprint density at radius 2 is 2.00 bits per heavy atom. The topological polar surface area (TPSA) is 134 Å². The molecule has 1 fully saturated rings. The molecule has 1 aliphatic rings. The third-order valence-electron chi connectivity index (χ3n) is 5.98. The molecule has 5 rings (SSSR count). The fourth-order valence-corrected chi connectivity index (χ4v) is 4.43. The summed E-state index contributed by atoms with van der Waals surface area (Å²) < 4.78 is 7.68. The Kier molecular flexibility index (Phi) is 5.72. The summed E-state index contributed by atoms with van der Waals surface area (Å²) in [6.45, 7) is 1.18. The monoisotopic (exact) mass is 432 g/mol. The number of furan rings is 1. The molecule has 0 aromatic carbocycles.